The van der Waals surface area contributed by atoms with Crippen molar-refractivity contribution in [1.82, 2.24) is 5.32 Å². The van der Waals surface area contributed by atoms with Crippen LogP contribution in [0.3, 0.4) is 0 Å². The number of methoxy groups -OCH3 is 2. The molecule has 6 nitrogen and oxygen atoms in total. The molecular formula is C25H33NO5. The molecule has 0 spiro atoms. The van der Waals surface area contributed by atoms with Crippen LogP contribution in [0, 0.1) is 0 Å². The summed E-state index contributed by atoms with van der Waals surface area (Å²) in [5, 5.41) is 2.88. The summed E-state index contributed by atoms with van der Waals surface area (Å²) in [6.45, 7) is 2.33. The van der Waals surface area contributed by atoms with Crippen molar-refractivity contribution in [1.29, 1.82) is 0 Å². The molecule has 0 saturated heterocycles. The van der Waals surface area contributed by atoms with Crippen LogP contribution in [0.5, 0.6) is 0 Å². The Morgan fingerprint density at radius 3 is 1.90 bits per heavy atom. The zero-order chi connectivity index (χ0) is 22.5. The van der Waals surface area contributed by atoms with Crippen molar-refractivity contribution in [2.24, 2.45) is 0 Å². The second-order valence-electron chi connectivity index (χ2n) is 7.35. The predicted octanol–water partition coefficient (Wildman–Crippen LogP) is 4.37. The van der Waals surface area contributed by atoms with Crippen LogP contribution in [-0.4, -0.2) is 38.7 Å². The van der Waals surface area contributed by atoms with Gasteiger partial charge in [-0.15, -0.1) is 0 Å². The quantitative estimate of drug-likeness (QED) is 0.380. The Morgan fingerprint density at radius 2 is 1.39 bits per heavy atom. The fourth-order valence-electron chi connectivity index (χ4n) is 3.38. The maximum Gasteiger partial charge on any atom is 0.340 e. The molecule has 31 heavy (non-hydrogen) atoms. The third-order valence-electron chi connectivity index (χ3n) is 5.04. The van der Waals surface area contributed by atoms with Gasteiger partial charge in [0.2, 0.25) is 0 Å². The summed E-state index contributed by atoms with van der Waals surface area (Å²) < 4.78 is 16.5. The van der Waals surface area contributed by atoms with Crippen molar-refractivity contribution in [3.63, 3.8) is 0 Å². The monoisotopic (exact) mass is 427 g/mol. The molecule has 0 fully saturated rings. The van der Waals surface area contributed by atoms with Crippen LogP contribution in [0.4, 0.5) is 0 Å². The number of carbonyl (C=O) groups is 2. The highest BCUT2D eigenvalue weighted by Crippen LogP contribution is 2.20. The van der Waals surface area contributed by atoms with Gasteiger partial charge in [-0.25, -0.2) is 4.79 Å². The van der Waals surface area contributed by atoms with Gasteiger partial charge in [-0.3, -0.25) is 4.79 Å². The first-order chi connectivity index (χ1) is 15.1. The van der Waals surface area contributed by atoms with Crippen LogP contribution >= 0.6 is 0 Å². The third-order valence-corrected chi connectivity index (χ3v) is 5.04. The Kier molecular flexibility index (Phi) is 10.8. The van der Waals surface area contributed by atoms with E-state index in [1.165, 1.54) is 14.2 Å². The topological polar surface area (TPSA) is 73.9 Å². The molecule has 2 aromatic carbocycles. The molecule has 1 N–H and O–H groups in total. The number of esters is 1. The Morgan fingerprint density at radius 1 is 0.839 bits per heavy atom. The van der Waals surface area contributed by atoms with Crippen molar-refractivity contribution in [2.75, 3.05) is 20.8 Å². The molecule has 1 amide bonds. The molecule has 0 radical (unpaired) electrons. The largest absolute Gasteiger partial charge is 0.458 e. The number of hydrogen-bond acceptors (Lipinski definition) is 5. The second kappa shape index (κ2) is 13.6. The van der Waals surface area contributed by atoms with Crippen LogP contribution in [0.15, 0.2) is 60.7 Å². The highest BCUT2D eigenvalue weighted by molar-refractivity contribution is 5.82. The Labute approximate surface area is 184 Å². The number of hydrogen-bond donors (Lipinski definition) is 1. The molecule has 2 unspecified atom stereocenters. The summed E-state index contributed by atoms with van der Waals surface area (Å²) in [6, 6.07) is 18.5. The Balaban J connectivity index is 2.02. The number of amides is 1. The molecule has 0 bridgehead atoms. The van der Waals surface area contributed by atoms with E-state index in [1.807, 2.05) is 60.7 Å². The third kappa shape index (κ3) is 7.81. The number of carbonyl (C=O) groups excluding carboxylic acids is 2. The zero-order valence-electron chi connectivity index (χ0n) is 18.6. The van der Waals surface area contributed by atoms with E-state index in [0.29, 0.717) is 6.42 Å². The zero-order valence-corrected chi connectivity index (χ0v) is 18.6. The smallest absolute Gasteiger partial charge is 0.340 e. The molecule has 0 aliphatic rings. The first-order valence-electron chi connectivity index (χ1n) is 10.7. The minimum Gasteiger partial charge on any atom is -0.458 e. The lowest BCUT2D eigenvalue weighted by atomic mass is 10.1. The van der Waals surface area contributed by atoms with E-state index in [4.69, 9.17) is 14.2 Å². The highest BCUT2D eigenvalue weighted by atomic mass is 16.6. The van der Waals surface area contributed by atoms with Crippen LogP contribution < -0.4 is 5.32 Å². The van der Waals surface area contributed by atoms with Crippen molar-refractivity contribution in [3.05, 3.63) is 71.8 Å². The van der Waals surface area contributed by atoms with Crippen molar-refractivity contribution < 1.29 is 23.8 Å². The number of ether oxygens (including phenoxy) is 3. The molecule has 2 aromatic rings. The van der Waals surface area contributed by atoms with Gasteiger partial charge in [0.25, 0.3) is 5.91 Å². The number of nitrogens with one attached hydrogen (secondary N) is 1. The van der Waals surface area contributed by atoms with Gasteiger partial charge in [0.1, 0.15) is 6.10 Å². The normalized spacial score (nSPS) is 13.8. The summed E-state index contributed by atoms with van der Waals surface area (Å²) in [4.78, 5) is 25.5. The first-order valence-corrected chi connectivity index (χ1v) is 10.7. The molecule has 6 heteroatoms. The highest BCUT2D eigenvalue weighted by Gasteiger charge is 2.26. The second-order valence-corrected chi connectivity index (χ2v) is 7.35. The van der Waals surface area contributed by atoms with E-state index in [-0.39, 0.29) is 12.5 Å². The first kappa shape index (κ1) is 24.6. The van der Waals surface area contributed by atoms with E-state index >= 15 is 0 Å². The Hall–Kier alpha value is -2.70. The standard InChI is InChI=1S/C25H33NO5/c1-4-5-8-17-21(31-25(28)23(30-3)20-15-11-7-12-16-20)18-26-24(27)22(29-2)19-13-9-6-10-14-19/h6-7,9-16,21-23H,4-5,8,17-18H2,1-3H3,(H,26,27)/t21-,22?,23?/m1/s1. The average molecular weight is 428 g/mol. The van der Waals surface area contributed by atoms with E-state index < -0.39 is 24.3 Å². The van der Waals surface area contributed by atoms with E-state index in [0.717, 1.165) is 30.4 Å². The van der Waals surface area contributed by atoms with Gasteiger partial charge in [-0.1, -0.05) is 80.4 Å². The van der Waals surface area contributed by atoms with Crippen molar-refractivity contribution in [2.45, 2.75) is 50.9 Å². The van der Waals surface area contributed by atoms with Crippen molar-refractivity contribution in [3.8, 4) is 0 Å². The lowest BCUT2D eigenvalue weighted by Crippen LogP contribution is -2.38. The SMILES string of the molecule is CCCCC[C@H](CNC(=O)C(OC)c1ccccc1)OC(=O)C(OC)c1ccccc1. The molecule has 0 aromatic heterocycles. The molecule has 0 saturated carbocycles. The van der Waals surface area contributed by atoms with Gasteiger partial charge in [0.15, 0.2) is 12.2 Å². The molecule has 0 heterocycles. The van der Waals surface area contributed by atoms with E-state index in [9.17, 15) is 9.59 Å². The maximum atomic E-state index is 12.8. The van der Waals surface area contributed by atoms with Gasteiger partial charge in [0.05, 0.1) is 6.54 Å². The average Bonchev–Trinajstić information content (AvgIpc) is 2.80. The molecule has 0 aliphatic heterocycles. The molecule has 168 valence electrons. The molecular weight excluding hydrogens is 394 g/mol. The lowest BCUT2D eigenvalue weighted by Gasteiger charge is -2.23. The van der Waals surface area contributed by atoms with Crippen molar-refractivity contribution >= 4 is 11.9 Å². The number of unbranched alkanes of at least 4 members (excludes halogenated alkanes) is 2. The fourth-order valence-corrected chi connectivity index (χ4v) is 3.38. The van der Waals surface area contributed by atoms with Crippen LogP contribution in [0.1, 0.15) is 55.9 Å². The molecule has 0 aliphatic carbocycles. The summed E-state index contributed by atoms with van der Waals surface area (Å²) in [5.74, 6) is -0.729. The van der Waals surface area contributed by atoms with Crippen LogP contribution in [-0.2, 0) is 23.8 Å². The molecule has 2 rings (SSSR count). The van der Waals surface area contributed by atoms with Gasteiger partial charge < -0.3 is 19.5 Å². The van der Waals surface area contributed by atoms with Gasteiger partial charge in [-0.05, 0) is 24.0 Å². The van der Waals surface area contributed by atoms with Crippen LogP contribution in [0.25, 0.3) is 0 Å². The fraction of sp³-hybridized carbons (Fsp3) is 0.440. The summed E-state index contributed by atoms with van der Waals surface area (Å²) >= 11 is 0. The Bertz CT molecular complexity index is 781. The minimum absolute atomic E-state index is 0.214. The minimum atomic E-state index is -0.804. The van der Waals surface area contributed by atoms with Gasteiger partial charge in [-0.2, -0.15) is 0 Å². The number of benzene rings is 2. The van der Waals surface area contributed by atoms with E-state index in [2.05, 4.69) is 12.2 Å². The van der Waals surface area contributed by atoms with Gasteiger partial charge in [0, 0.05) is 14.2 Å². The van der Waals surface area contributed by atoms with Crippen LogP contribution in [0.2, 0.25) is 0 Å². The number of rotatable bonds is 13. The summed E-state index contributed by atoms with van der Waals surface area (Å²) in [6.07, 6.45) is 1.67. The summed E-state index contributed by atoms with van der Waals surface area (Å²) in [7, 11) is 2.98. The lowest BCUT2D eigenvalue weighted by molar-refractivity contribution is -0.162. The summed E-state index contributed by atoms with van der Waals surface area (Å²) in [5.41, 5.74) is 1.50. The predicted molar refractivity (Wildman–Crippen MR) is 119 cm³/mol. The van der Waals surface area contributed by atoms with E-state index in [1.54, 1.807) is 0 Å². The maximum absolute atomic E-state index is 12.8. The molecule has 3 atom stereocenters. The van der Waals surface area contributed by atoms with Gasteiger partial charge >= 0.3 is 5.97 Å².